The largest absolute Gasteiger partial charge is 0.481 e. The van der Waals surface area contributed by atoms with Crippen molar-refractivity contribution in [2.45, 2.75) is 112 Å². The molecule has 4 nitrogen and oxygen atoms in total. The van der Waals surface area contributed by atoms with Gasteiger partial charge >= 0.3 is 5.97 Å². The summed E-state index contributed by atoms with van der Waals surface area (Å²) < 4.78 is 0. The molecule has 0 radical (unpaired) electrons. The Kier molecular flexibility index (Phi) is 5.36. The summed E-state index contributed by atoms with van der Waals surface area (Å²) in [4.78, 5) is 12.8. The Morgan fingerprint density at radius 1 is 0.941 bits per heavy atom. The van der Waals surface area contributed by atoms with Crippen molar-refractivity contribution in [3.05, 3.63) is 11.6 Å². The van der Waals surface area contributed by atoms with Gasteiger partial charge < -0.3 is 15.3 Å². The lowest BCUT2D eigenvalue weighted by Crippen LogP contribution is -2.67. The minimum Gasteiger partial charge on any atom is -0.481 e. The molecule has 0 bridgehead atoms. The fourth-order valence-electron chi connectivity index (χ4n) is 11.0. The zero-order chi connectivity index (χ0) is 25.1. The van der Waals surface area contributed by atoms with Crippen molar-refractivity contribution < 1.29 is 20.1 Å². The van der Waals surface area contributed by atoms with Crippen LogP contribution >= 0.6 is 0 Å². The van der Waals surface area contributed by atoms with Crippen molar-refractivity contribution in [1.82, 2.24) is 0 Å². The Morgan fingerprint density at radius 3 is 2.26 bits per heavy atom. The Hall–Kier alpha value is -0.870. The number of carboxylic acid groups (broad SMARTS) is 1. The van der Waals surface area contributed by atoms with Gasteiger partial charge in [0, 0.05) is 0 Å². The summed E-state index contributed by atoms with van der Waals surface area (Å²) >= 11 is 0. The van der Waals surface area contributed by atoms with E-state index in [0.717, 1.165) is 44.9 Å². The predicted molar refractivity (Wildman–Crippen MR) is 134 cm³/mol. The SMILES string of the molecule is C[C@H]1[C@H](C)CC[C@]2(C(=O)O)CC[C@]3(C)C(=CC[C@H]4[C@@]5(C)C[C@@H](O)[C@H](O)C(C)(C)[C@H]5CC[C@]43C)[C@H]12. The number of aliphatic hydroxyl groups is 2. The molecule has 5 aliphatic rings. The fraction of sp³-hybridized carbons (Fsp3) is 0.900. The molecule has 0 aromatic rings. The van der Waals surface area contributed by atoms with Crippen LogP contribution in [0.3, 0.4) is 0 Å². The van der Waals surface area contributed by atoms with E-state index >= 15 is 0 Å². The van der Waals surface area contributed by atoms with E-state index in [-0.39, 0.29) is 27.6 Å². The fourth-order valence-corrected chi connectivity index (χ4v) is 11.0. The van der Waals surface area contributed by atoms with Crippen LogP contribution in [0.5, 0.6) is 0 Å². The van der Waals surface area contributed by atoms with Gasteiger partial charge in [0.15, 0.2) is 0 Å². The molecular formula is C30H48O4. The number of aliphatic hydroxyl groups excluding tert-OH is 2. The lowest BCUT2D eigenvalue weighted by Gasteiger charge is -2.71. The Morgan fingerprint density at radius 2 is 1.62 bits per heavy atom. The monoisotopic (exact) mass is 472 g/mol. The van der Waals surface area contributed by atoms with Gasteiger partial charge in [-0.1, -0.05) is 60.1 Å². The van der Waals surface area contributed by atoms with Gasteiger partial charge in [0.1, 0.15) is 0 Å². The zero-order valence-electron chi connectivity index (χ0n) is 22.5. The maximum Gasteiger partial charge on any atom is 0.310 e. The highest BCUT2D eigenvalue weighted by Crippen LogP contribution is 2.75. The van der Waals surface area contributed by atoms with Crippen LogP contribution in [0.15, 0.2) is 11.6 Å². The first-order valence-electron chi connectivity index (χ1n) is 14.0. The average molecular weight is 473 g/mol. The van der Waals surface area contributed by atoms with E-state index in [0.29, 0.717) is 30.1 Å². The Labute approximate surface area is 206 Å². The first-order valence-corrected chi connectivity index (χ1v) is 14.0. The van der Waals surface area contributed by atoms with Crippen molar-refractivity contribution in [2.75, 3.05) is 0 Å². The first-order chi connectivity index (χ1) is 15.7. The number of hydrogen-bond donors (Lipinski definition) is 3. The van der Waals surface area contributed by atoms with Crippen LogP contribution in [0.25, 0.3) is 0 Å². The molecule has 0 aromatic heterocycles. The predicted octanol–water partition coefficient (Wildman–Crippen LogP) is 6.06. The number of aliphatic carboxylic acids is 1. The summed E-state index contributed by atoms with van der Waals surface area (Å²) in [5.74, 6) is 1.30. The van der Waals surface area contributed by atoms with E-state index in [1.807, 2.05) is 0 Å². The van der Waals surface area contributed by atoms with Crippen LogP contribution in [0, 0.1) is 56.7 Å². The third-order valence-corrected chi connectivity index (χ3v) is 13.4. The van der Waals surface area contributed by atoms with Crippen molar-refractivity contribution in [2.24, 2.45) is 56.7 Å². The summed E-state index contributed by atoms with van der Waals surface area (Å²) in [6, 6.07) is 0. The smallest absolute Gasteiger partial charge is 0.310 e. The van der Waals surface area contributed by atoms with Gasteiger partial charge in [-0.05, 0) is 103 Å². The quantitative estimate of drug-likeness (QED) is 0.405. The number of fused-ring (bicyclic) bond motifs is 7. The first kappa shape index (κ1) is 24.8. The van der Waals surface area contributed by atoms with Crippen LogP contribution in [0.1, 0.15) is 99.8 Å². The molecule has 0 aromatic carbocycles. The molecule has 0 spiro atoms. The molecule has 5 rings (SSSR count). The molecule has 0 aliphatic heterocycles. The topological polar surface area (TPSA) is 77.8 Å². The van der Waals surface area contributed by atoms with E-state index in [2.05, 4.69) is 54.5 Å². The number of carbonyl (C=O) groups is 1. The standard InChI is InChI=1S/C30H48O4/c1-17-10-13-30(25(33)34)15-14-28(6)19(23(30)18(17)2)8-9-22-27(5)16-20(31)24(32)26(3,4)21(27)11-12-29(22,28)7/h8,17-18,20-24,31-32H,9-16H2,1-7H3,(H,33,34)/t17-,18+,20-,21-,22+,23+,24+,27+,28-,29-,30+/m1/s1. The number of rotatable bonds is 1. The van der Waals surface area contributed by atoms with Crippen LogP contribution in [0.4, 0.5) is 0 Å². The maximum absolute atomic E-state index is 12.8. The third kappa shape index (κ3) is 2.76. The maximum atomic E-state index is 12.8. The van der Waals surface area contributed by atoms with Crippen LogP contribution in [0.2, 0.25) is 0 Å². The van der Waals surface area contributed by atoms with Crippen LogP contribution in [-0.2, 0) is 4.79 Å². The molecule has 0 heterocycles. The van der Waals surface area contributed by atoms with Crippen LogP contribution < -0.4 is 0 Å². The second-order valence-corrected chi connectivity index (χ2v) is 14.6. The van der Waals surface area contributed by atoms with E-state index in [4.69, 9.17) is 0 Å². The van der Waals surface area contributed by atoms with Gasteiger partial charge in [-0.3, -0.25) is 4.79 Å². The molecule has 11 atom stereocenters. The molecule has 4 heteroatoms. The number of carboxylic acids is 1. The Balaban J connectivity index is 1.62. The molecule has 0 saturated heterocycles. The molecule has 34 heavy (non-hydrogen) atoms. The van der Waals surface area contributed by atoms with Crippen molar-refractivity contribution in [3.8, 4) is 0 Å². The van der Waals surface area contributed by atoms with Gasteiger partial charge in [-0.25, -0.2) is 0 Å². The highest BCUT2D eigenvalue weighted by atomic mass is 16.4. The summed E-state index contributed by atoms with van der Waals surface area (Å²) in [5.41, 5.74) is 0.574. The lowest BCUT2D eigenvalue weighted by molar-refractivity contribution is -0.232. The Bertz CT molecular complexity index is 907. The summed E-state index contributed by atoms with van der Waals surface area (Å²) in [7, 11) is 0. The van der Waals surface area contributed by atoms with Crippen molar-refractivity contribution in [1.29, 1.82) is 0 Å². The van der Waals surface area contributed by atoms with Gasteiger partial charge in [0.05, 0.1) is 17.6 Å². The third-order valence-electron chi connectivity index (χ3n) is 13.4. The molecule has 3 N–H and O–H groups in total. The molecule has 4 saturated carbocycles. The van der Waals surface area contributed by atoms with Crippen molar-refractivity contribution in [3.63, 3.8) is 0 Å². The zero-order valence-corrected chi connectivity index (χ0v) is 22.5. The lowest BCUT2D eigenvalue weighted by atomic mass is 9.33. The minimum atomic E-state index is -0.679. The van der Waals surface area contributed by atoms with E-state index in [9.17, 15) is 20.1 Å². The summed E-state index contributed by atoms with van der Waals surface area (Å²) in [6.07, 6.45) is 8.53. The van der Waals surface area contributed by atoms with E-state index in [1.165, 1.54) is 5.57 Å². The number of hydrogen-bond acceptors (Lipinski definition) is 3. The molecule has 0 unspecified atom stereocenters. The van der Waals surface area contributed by atoms with Crippen LogP contribution in [-0.4, -0.2) is 33.5 Å². The molecular weight excluding hydrogens is 424 g/mol. The molecule has 192 valence electrons. The van der Waals surface area contributed by atoms with E-state index in [1.54, 1.807) is 0 Å². The molecule has 5 aliphatic carbocycles. The van der Waals surface area contributed by atoms with Gasteiger partial charge in [0.2, 0.25) is 0 Å². The average Bonchev–Trinajstić information content (AvgIpc) is 2.75. The highest BCUT2D eigenvalue weighted by molar-refractivity contribution is 5.76. The second kappa shape index (κ2) is 7.34. The molecule has 0 amide bonds. The normalized spacial score (nSPS) is 56.3. The highest BCUT2D eigenvalue weighted by Gasteiger charge is 2.70. The van der Waals surface area contributed by atoms with Gasteiger partial charge in [-0.2, -0.15) is 0 Å². The summed E-state index contributed by atoms with van der Waals surface area (Å²) in [5, 5.41) is 32.4. The molecule has 4 fully saturated rings. The van der Waals surface area contributed by atoms with Gasteiger partial charge in [-0.15, -0.1) is 0 Å². The number of allylic oxidation sites excluding steroid dienone is 2. The van der Waals surface area contributed by atoms with E-state index < -0.39 is 23.6 Å². The van der Waals surface area contributed by atoms with Crippen molar-refractivity contribution >= 4 is 5.97 Å². The minimum absolute atomic E-state index is 0.00993. The van der Waals surface area contributed by atoms with Gasteiger partial charge in [0.25, 0.3) is 0 Å². The summed E-state index contributed by atoms with van der Waals surface area (Å²) in [6.45, 7) is 16.3. The second-order valence-electron chi connectivity index (χ2n) is 14.6.